The van der Waals surface area contributed by atoms with Gasteiger partial charge in [0.05, 0.1) is 25.2 Å². The summed E-state index contributed by atoms with van der Waals surface area (Å²) in [7, 11) is 0. The van der Waals surface area contributed by atoms with Gasteiger partial charge in [-0.05, 0) is 13.8 Å². The molecule has 0 amide bonds. The Morgan fingerprint density at radius 3 is 1.27 bits per heavy atom. The van der Waals surface area contributed by atoms with Crippen LogP contribution in [0.15, 0.2) is 0 Å². The molecule has 0 aliphatic rings. The van der Waals surface area contributed by atoms with E-state index in [0.29, 0.717) is 13.2 Å². The molecule has 0 N–H and O–H groups in total. The first-order chi connectivity index (χ1) is 6.54. The molecule has 6 nitrogen and oxygen atoms in total. The van der Waals surface area contributed by atoms with Gasteiger partial charge in [0.25, 0.3) is 0 Å². The van der Waals surface area contributed by atoms with E-state index < -0.39 is 11.9 Å². The zero-order valence-electron chi connectivity index (χ0n) is 8.78. The summed E-state index contributed by atoms with van der Waals surface area (Å²) < 4.78 is 8.87. The minimum Gasteiger partial charge on any atom is -0.548 e. The Morgan fingerprint density at radius 1 is 0.933 bits per heavy atom. The van der Waals surface area contributed by atoms with Gasteiger partial charge in [-0.15, -0.1) is 0 Å². The molecule has 0 aromatic carbocycles. The van der Waals surface area contributed by atoms with Crippen molar-refractivity contribution in [1.82, 2.24) is 0 Å². The first kappa shape index (κ1) is 20.2. The van der Waals surface area contributed by atoms with Gasteiger partial charge >= 0.3 is 27.3 Å². The third kappa shape index (κ3) is 31.6. The fourth-order valence-electron chi connectivity index (χ4n) is 0.371. The Morgan fingerprint density at radius 2 is 1.20 bits per heavy atom. The van der Waals surface area contributed by atoms with Crippen LogP contribution in [0.25, 0.3) is 0 Å². The quantitative estimate of drug-likeness (QED) is 0.435. The van der Waals surface area contributed by atoms with Crippen molar-refractivity contribution in [1.29, 1.82) is 0 Å². The van der Waals surface area contributed by atoms with E-state index in [4.69, 9.17) is 0 Å². The van der Waals surface area contributed by atoms with E-state index >= 15 is 0 Å². The van der Waals surface area contributed by atoms with E-state index in [1.165, 1.54) is 0 Å². The molecule has 0 aromatic heterocycles. The Hall–Kier alpha value is -0.218. The number of hydrogen-bond acceptors (Lipinski definition) is 6. The monoisotopic (exact) mass is 414 g/mol. The molecule has 86 valence electrons. The van der Waals surface area contributed by atoms with Gasteiger partial charge < -0.3 is 29.3 Å². The van der Waals surface area contributed by atoms with Crippen molar-refractivity contribution < 1.29 is 29.3 Å². The third-order valence-corrected chi connectivity index (χ3v) is 0.848. The number of carbonyl (C=O) groups excluding carboxylic acids is 2. The second kappa shape index (κ2) is 16.2. The van der Waals surface area contributed by atoms with E-state index in [1.54, 1.807) is 13.8 Å². The van der Waals surface area contributed by atoms with Crippen LogP contribution >= 0.6 is 0 Å². The van der Waals surface area contributed by atoms with Crippen LogP contribution in [0.1, 0.15) is 13.8 Å². The molecule has 0 fully saturated rings. The number of aliphatic carboxylic acids is 2. The van der Waals surface area contributed by atoms with Gasteiger partial charge in [0.15, 0.2) is 0 Å². The van der Waals surface area contributed by atoms with Crippen LogP contribution in [0.2, 0.25) is 0 Å². The SMILES string of the molecule is CCOCC(=O)[O-].CCOCC(=O)[O-].[Pb+2]. The summed E-state index contributed by atoms with van der Waals surface area (Å²) in [5, 5.41) is 19.0. The first-order valence-electron chi connectivity index (χ1n) is 4.09. The summed E-state index contributed by atoms with van der Waals surface area (Å²) in [5.74, 6) is -2.33. The third-order valence-electron chi connectivity index (χ3n) is 0.848. The van der Waals surface area contributed by atoms with Crippen LogP contribution in [-0.4, -0.2) is 65.7 Å². The van der Waals surface area contributed by atoms with Crippen molar-refractivity contribution in [2.75, 3.05) is 26.4 Å². The normalized spacial score (nSPS) is 8.13. The average Bonchev–Trinajstić information content (AvgIpc) is 2.12. The van der Waals surface area contributed by atoms with Gasteiger partial charge in [0.1, 0.15) is 0 Å². The van der Waals surface area contributed by atoms with E-state index in [0.717, 1.165) is 0 Å². The standard InChI is InChI=1S/2C4H8O3.Pb/c2*1-2-7-3-4(5)6;/h2*2-3H2,1H3,(H,5,6);/q;;+2/p-2. The summed E-state index contributed by atoms with van der Waals surface area (Å²) in [6, 6.07) is 0. The number of rotatable bonds is 6. The van der Waals surface area contributed by atoms with Gasteiger partial charge in [-0.1, -0.05) is 0 Å². The average molecular weight is 413 g/mol. The van der Waals surface area contributed by atoms with Gasteiger partial charge in [-0.25, -0.2) is 0 Å². The topological polar surface area (TPSA) is 98.7 Å². The molecule has 0 rings (SSSR count). The Kier molecular flexibility index (Phi) is 21.9. The summed E-state index contributed by atoms with van der Waals surface area (Å²) in [4.78, 5) is 19.0. The zero-order valence-corrected chi connectivity index (χ0v) is 12.7. The smallest absolute Gasteiger partial charge is 0.548 e. The van der Waals surface area contributed by atoms with Crippen molar-refractivity contribution in [3.05, 3.63) is 0 Å². The molecule has 2 radical (unpaired) electrons. The largest absolute Gasteiger partial charge is 2.00 e. The molecular weight excluding hydrogens is 399 g/mol. The fourth-order valence-corrected chi connectivity index (χ4v) is 0.371. The van der Waals surface area contributed by atoms with Crippen molar-refractivity contribution in [2.24, 2.45) is 0 Å². The molecule has 0 atom stereocenters. The van der Waals surface area contributed by atoms with Crippen LogP contribution in [0.4, 0.5) is 0 Å². The molecular formula is C8H14O6Pb. The van der Waals surface area contributed by atoms with E-state index in [-0.39, 0.29) is 40.5 Å². The van der Waals surface area contributed by atoms with Gasteiger partial charge in [-0.2, -0.15) is 0 Å². The molecule has 0 saturated carbocycles. The summed E-state index contributed by atoms with van der Waals surface area (Å²) in [6.45, 7) is 3.71. The molecule has 0 unspecified atom stereocenters. The molecule has 7 heteroatoms. The van der Waals surface area contributed by atoms with Gasteiger partial charge in [-0.3, -0.25) is 0 Å². The molecule has 0 aliphatic carbocycles. The van der Waals surface area contributed by atoms with Crippen LogP contribution in [0.5, 0.6) is 0 Å². The van der Waals surface area contributed by atoms with Crippen LogP contribution in [0.3, 0.4) is 0 Å². The van der Waals surface area contributed by atoms with Crippen LogP contribution < -0.4 is 10.2 Å². The van der Waals surface area contributed by atoms with Gasteiger partial charge in [0.2, 0.25) is 0 Å². The van der Waals surface area contributed by atoms with E-state index in [1.807, 2.05) is 0 Å². The summed E-state index contributed by atoms with van der Waals surface area (Å²) in [5.41, 5.74) is 0. The Balaban J connectivity index is -0.000000180. The predicted octanol–water partition coefficient (Wildman–Crippen LogP) is -2.84. The fraction of sp³-hybridized carbons (Fsp3) is 0.750. The van der Waals surface area contributed by atoms with E-state index in [2.05, 4.69) is 9.47 Å². The maximum atomic E-state index is 9.52. The number of ether oxygens (including phenoxy) is 2. The van der Waals surface area contributed by atoms with Crippen LogP contribution in [0, 0.1) is 0 Å². The van der Waals surface area contributed by atoms with Crippen molar-refractivity contribution in [3.63, 3.8) is 0 Å². The molecule has 0 aliphatic heterocycles. The molecule has 0 spiro atoms. The molecule has 0 saturated heterocycles. The summed E-state index contributed by atoms with van der Waals surface area (Å²) >= 11 is 0. The van der Waals surface area contributed by atoms with Crippen LogP contribution in [-0.2, 0) is 19.1 Å². The number of carboxylic acid groups (broad SMARTS) is 2. The summed E-state index contributed by atoms with van der Waals surface area (Å²) in [6.07, 6.45) is 0. The minimum atomic E-state index is -1.16. The molecule has 0 bridgehead atoms. The Bertz CT molecular complexity index is 143. The number of hydrogen-bond donors (Lipinski definition) is 0. The van der Waals surface area contributed by atoms with E-state index in [9.17, 15) is 19.8 Å². The van der Waals surface area contributed by atoms with Gasteiger partial charge in [0, 0.05) is 13.2 Å². The second-order valence-corrected chi connectivity index (χ2v) is 2.02. The Labute approximate surface area is 109 Å². The minimum absolute atomic E-state index is 0. The molecule has 0 aromatic rings. The predicted molar refractivity (Wildman–Crippen MR) is 48.8 cm³/mol. The maximum Gasteiger partial charge on any atom is 2.00 e. The number of carbonyl (C=O) groups is 2. The van der Waals surface area contributed by atoms with Crippen molar-refractivity contribution in [3.8, 4) is 0 Å². The molecule has 0 heterocycles. The zero-order chi connectivity index (χ0) is 11.4. The first-order valence-corrected chi connectivity index (χ1v) is 4.09. The maximum absolute atomic E-state index is 9.52. The van der Waals surface area contributed by atoms with Crippen molar-refractivity contribution >= 4 is 39.2 Å². The molecule has 15 heavy (non-hydrogen) atoms. The second-order valence-electron chi connectivity index (χ2n) is 2.02. The number of carboxylic acids is 2. The van der Waals surface area contributed by atoms with Crippen molar-refractivity contribution in [2.45, 2.75) is 13.8 Å².